The van der Waals surface area contributed by atoms with Crippen LogP contribution in [-0.2, 0) is 16.2 Å². The molecule has 0 saturated carbocycles. The Hall–Kier alpha value is -4.50. The Morgan fingerprint density at radius 2 is 1.57 bits per heavy atom. The van der Waals surface area contributed by atoms with Gasteiger partial charge in [0.25, 0.3) is 11.7 Å². The smallest absolute Gasteiger partial charge is 0.295 e. The second-order valence-electron chi connectivity index (χ2n) is 10.4. The molecule has 1 N–H and O–H groups in total. The van der Waals surface area contributed by atoms with Crippen molar-refractivity contribution < 1.29 is 33.6 Å². The first-order valence-corrected chi connectivity index (χ1v) is 13.7. The average Bonchev–Trinajstić information content (AvgIpc) is 3.24. The Kier molecular flexibility index (Phi) is 9.75. The number of carbonyl (C=O) groups excluding carboxylic acids is 2. The highest BCUT2D eigenvalue weighted by Crippen LogP contribution is 2.46. The van der Waals surface area contributed by atoms with E-state index in [4.69, 9.17) is 18.9 Å². The molecular weight excluding hydrogens is 536 g/mol. The molecule has 9 heteroatoms. The lowest BCUT2D eigenvalue weighted by atomic mass is 9.94. The summed E-state index contributed by atoms with van der Waals surface area (Å²) >= 11 is 0. The Labute approximate surface area is 246 Å². The quantitative estimate of drug-likeness (QED) is 0.184. The van der Waals surface area contributed by atoms with Gasteiger partial charge in [-0.1, -0.05) is 30.3 Å². The number of aryl methyl sites for hydroxylation is 1. The standard InChI is InChI=1S/C33H38N2O7/c1-21-17-23(13-14-25(21)42-20-22-11-8-7-9-12-22)30(36)28-29(35(33(38)31(28)37)16-10-15-34(2)3)24-18-26(39-4)32(41-6)27(19-24)40-5/h7-9,11-14,17-19,29,36H,10,15-16,20H2,1-6H3/t29-/m0/s1. The second kappa shape index (κ2) is 13.4. The molecule has 0 radical (unpaired) electrons. The fraction of sp³-hybridized carbons (Fsp3) is 0.333. The Bertz CT molecular complexity index is 1440. The van der Waals surface area contributed by atoms with Crippen molar-refractivity contribution in [1.29, 1.82) is 0 Å². The predicted octanol–water partition coefficient (Wildman–Crippen LogP) is 4.97. The van der Waals surface area contributed by atoms with Crippen molar-refractivity contribution >= 4 is 17.4 Å². The van der Waals surface area contributed by atoms with Gasteiger partial charge in [-0.2, -0.15) is 0 Å². The molecule has 0 aliphatic carbocycles. The molecule has 0 bridgehead atoms. The molecule has 1 saturated heterocycles. The molecule has 1 amide bonds. The number of carbonyl (C=O) groups is 2. The van der Waals surface area contributed by atoms with E-state index in [1.54, 1.807) is 30.3 Å². The molecule has 3 aromatic rings. The number of likely N-dealkylation sites (tertiary alicyclic amines) is 1. The monoisotopic (exact) mass is 574 g/mol. The maximum atomic E-state index is 13.5. The van der Waals surface area contributed by atoms with Crippen molar-refractivity contribution in [2.45, 2.75) is 26.0 Å². The van der Waals surface area contributed by atoms with Crippen LogP contribution >= 0.6 is 0 Å². The number of amides is 1. The average molecular weight is 575 g/mol. The molecule has 1 fully saturated rings. The van der Waals surface area contributed by atoms with Crippen LogP contribution in [0, 0.1) is 6.92 Å². The third kappa shape index (κ3) is 6.36. The van der Waals surface area contributed by atoms with E-state index < -0.39 is 17.7 Å². The van der Waals surface area contributed by atoms with Gasteiger partial charge in [-0.25, -0.2) is 0 Å². The van der Waals surface area contributed by atoms with Crippen LogP contribution in [0.5, 0.6) is 23.0 Å². The summed E-state index contributed by atoms with van der Waals surface area (Å²) in [6, 6.07) is 17.6. The van der Waals surface area contributed by atoms with Gasteiger partial charge in [-0.3, -0.25) is 9.59 Å². The third-order valence-electron chi connectivity index (χ3n) is 7.23. The SMILES string of the molecule is COc1cc([C@H]2C(=C(O)c3ccc(OCc4ccccc4)c(C)c3)C(=O)C(=O)N2CCCN(C)C)cc(OC)c1OC. The zero-order valence-electron chi connectivity index (χ0n) is 25.0. The minimum atomic E-state index is -0.866. The van der Waals surface area contributed by atoms with E-state index in [1.165, 1.54) is 26.2 Å². The minimum absolute atomic E-state index is 0.00326. The van der Waals surface area contributed by atoms with E-state index in [0.717, 1.165) is 11.1 Å². The first kappa shape index (κ1) is 30.5. The summed E-state index contributed by atoms with van der Waals surface area (Å²) in [6.45, 7) is 3.29. The molecule has 1 heterocycles. The number of rotatable bonds is 12. The van der Waals surface area contributed by atoms with Gasteiger partial charge in [0.1, 0.15) is 18.1 Å². The van der Waals surface area contributed by atoms with Crippen molar-refractivity contribution in [2.75, 3.05) is 48.5 Å². The van der Waals surface area contributed by atoms with Crippen LogP contribution in [0.15, 0.2) is 66.2 Å². The van der Waals surface area contributed by atoms with Gasteiger partial charge in [-0.15, -0.1) is 0 Å². The number of aliphatic hydroxyl groups excluding tert-OH is 1. The number of ether oxygens (including phenoxy) is 4. The fourth-order valence-electron chi connectivity index (χ4n) is 5.12. The maximum absolute atomic E-state index is 13.5. The summed E-state index contributed by atoms with van der Waals surface area (Å²) in [6.07, 6.45) is 0.632. The van der Waals surface area contributed by atoms with Gasteiger partial charge >= 0.3 is 0 Å². The number of ketones is 1. The number of hydrogen-bond acceptors (Lipinski definition) is 8. The number of benzene rings is 3. The van der Waals surface area contributed by atoms with E-state index >= 15 is 0 Å². The van der Waals surface area contributed by atoms with Crippen molar-refractivity contribution in [1.82, 2.24) is 9.80 Å². The summed E-state index contributed by atoms with van der Waals surface area (Å²) < 4.78 is 22.6. The summed E-state index contributed by atoms with van der Waals surface area (Å²) in [5.74, 6) is 0.102. The Balaban J connectivity index is 1.77. The Morgan fingerprint density at radius 3 is 2.14 bits per heavy atom. The van der Waals surface area contributed by atoms with Crippen molar-refractivity contribution in [3.8, 4) is 23.0 Å². The van der Waals surface area contributed by atoms with Gasteiger partial charge in [-0.05, 0) is 81.0 Å². The van der Waals surface area contributed by atoms with Crippen LogP contribution in [0.1, 0.15) is 34.7 Å². The van der Waals surface area contributed by atoms with Gasteiger partial charge < -0.3 is 33.9 Å². The highest BCUT2D eigenvalue weighted by atomic mass is 16.5. The molecule has 3 aromatic carbocycles. The number of hydrogen-bond donors (Lipinski definition) is 1. The highest BCUT2D eigenvalue weighted by molar-refractivity contribution is 6.46. The first-order chi connectivity index (χ1) is 20.2. The summed E-state index contributed by atoms with van der Waals surface area (Å²) in [7, 11) is 8.39. The van der Waals surface area contributed by atoms with E-state index in [2.05, 4.69) is 0 Å². The van der Waals surface area contributed by atoms with Gasteiger partial charge in [0.2, 0.25) is 5.75 Å². The van der Waals surface area contributed by atoms with Gasteiger partial charge in [0.15, 0.2) is 11.5 Å². The summed E-state index contributed by atoms with van der Waals surface area (Å²) in [4.78, 5) is 30.4. The van der Waals surface area contributed by atoms with Crippen LogP contribution in [0.25, 0.3) is 5.76 Å². The number of aliphatic hydroxyl groups is 1. The zero-order valence-corrected chi connectivity index (χ0v) is 25.0. The molecule has 0 spiro atoms. The summed E-state index contributed by atoms with van der Waals surface area (Å²) in [5.41, 5.74) is 2.76. The van der Waals surface area contributed by atoms with Crippen molar-refractivity contribution in [2.24, 2.45) is 0 Å². The molecule has 1 aliphatic heterocycles. The van der Waals surface area contributed by atoms with Crippen LogP contribution in [0.2, 0.25) is 0 Å². The van der Waals surface area contributed by atoms with E-state index in [9.17, 15) is 14.7 Å². The lowest BCUT2D eigenvalue weighted by Gasteiger charge is -2.27. The molecule has 9 nitrogen and oxygen atoms in total. The van der Waals surface area contributed by atoms with Crippen LogP contribution in [-0.4, -0.2) is 75.1 Å². The number of nitrogens with zero attached hydrogens (tertiary/aromatic N) is 2. The normalized spacial score (nSPS) is 16.2. The van der Waals surface area contributed by atoms with E-state index in [0.29, 0.717) is 60.2 Å². The highest BCUT2D eigenvalue weighted by Gasteiger charge is 2.46. The topological polar surface area (TPSA) is 97.8 Å². The molecule has 222 valence electrons. The molecule has 1 atom stereocenters. The van der Waals surface area contributed by atoms with Crippen LogP contribution in [0.3, 0.4) is 0 Å². The summed E-state index contributed by atoms with van der Waals surface area (Å²) in [5, 5.41) is 11.6. The molecule has 0 aromatic heterocycles. The third-order valence-corrected chi connectivity index (χ3v) is 7.23. The largest absolute Gasteiger partial charge is 0.507 e. The van der Waals surface area contributed by atoms with Crippen LogP contribution in [0.4, 0.5) is 0 Å². The Morgan fingerprint density at radius 1 is 0.905 bits per heavy atom. The number of Topliss-reactive ketones (excluding diaryl/α,β-unsaturated/α-hetero) is 1. The molecule has 4 rings (SSSR count). The fourth-order valence-corrected chi connectivity index (χ4v) is 5.12. The van der Waals surface area contributed by atoms with Crippen molar-refractivity contribution in [3.05, 3.63) is 88.5 Å². The second-order valence-corrected chi connectivity index (χ2v) is 10.4. The lowest BCUT2D eigenvalue weighted by Crippen LogP contribution is -2.32. The predicted molar refractivity (Wildman–Crippen MR) is 160 cm³/mol. The molecule has 1 aliphatic rings. The van der Waals surface area contributed by atoms with Crippen LogP contribution < -0.4 is 18.9 Å². The van der Waals surface area contributed by atoms with E-state index in [-0.39, 0.29) is 11.3 Å². The lowest BCUT2D eigenvalue weighted by molar-refractivity contribution is -0.139. The van der Waals surface area contributed by atoms with Gasteiger partial charge in [0.05, 0.1) is 32.9 Å². The molecule has 42 heavy (non-hydrogen) atoms. The molecule has 0 unspecified atom stereocenters. The number of methoxy groups -OCH3 is 3. The van der Waals surface area contributed by atoms with E-state index in [1.807, 2.05) is 56.3 Å². The molecular formula is C33H38N2O7. The zero-order chi connectivity index (χ0) is 30.4. The minimum Gasteiger partial charge on any atom is -0.507 e. The van der Waals surface area contributed by atoms with Crippen molar-refractivity contribution in [3.63, 3.8) is 0 Å². The maximum Gasteiger partial charge on any atom is 0.295 e. The van der Waals surface area contributed by atoms with Gasteiger partial charge in [0, 0.05) is 12.1 Å². The first-order valence-electron chi connectivity index (χ1n) is 13.7.